The van der Waals surface area contributed by atoms with E-state index in [0.29, 0.717) is 0 Å². The summed E-state index contributed by atoms with van der Waals surface area (Å²) in [6.45, 7) is 0. The van der Waals surface area contributed by atoms with Crippen molar-refractivity contribution < 1.29 is 9.63 Å². The molecule has 42 valence electrons. The Labute approximate surface area is 41.8 Å². The Kier molecular flexibility index (Phi) is 2.15. The van der Waals surface area contributed by atoms with E-state index in [-0.39, 0.29) is 0 Å². The van der Waals surface area contributed by atoms with Crippen LogP contribution in [0.5, 0.6) is 0 Å². The molecule has 0 aliphatic rings. The fraction of sp³-hybridized carbons (Fsp3) is 0.667. The summed E-state index contributed by atoms with van der Waals surface area (Å²) in [4.78, 5) is 14.0. The lowest BCUT2D eigenvalue weighted by Gasteiger charge is -2.04. The number of carbonyl (C=O) groups excluding carboxylic acids is 1. The van der Waals surface area contributed by atoms with Crippen molar-refractivity contribution in [2.45, 2.75) is 0 Å². The highest BCUT2D eigenvalue weighted by Crippen LogP contribution is 1.73. The molecule has 1 amide bonds. The van der Waals surface area contributed by atoms with E-state index < -0.39 is 6.09 Å². The van der Waals surface area contributed by atoms with Gasteiger partial charge in [-0.2, -0.15) is 0 Å². The van der Waals surface area contributed by atoms with Gasteiger partial charge in [-0.3, -0.25) is 0 Å². The van der Waals surface area contributed by atoms with Crippen LogP contribution in [-0.4, -0.2) is 25.3 Å². The minimum atomic E-state index is -0.787. The van der Waals surface area contributed by atoms with Crippen LogP contribution in [0.1, 0.15) is 0 Å². The Morgan fingerprint density at radius 1 is 1.71 bits per heavy atom. The highest BCUT2D eigenvalue weighted by atomic mass is 16.7. The molecule has 0 aromatic carbocycles. The van der Waals surface area contributed by atoms with Crippen LogP contribution in [0.25, 0.3) is 0 Å². The van der Waals surface area contributed by atoms with Gasteiger partial charge in [0.1, 0.15) is 0 Å². The first-order valence-corrected chi connectivity index (χ1v) is 1.77. The second-order valence-electron chi connectivity index (χ2n) is 1.22. The second kappa shape index (κ2) is 2.41. The highest BCUT2D eigenvalue weighted by molar-refractivity contribution is 5.64. The number of amides is 1. The quantitative estimate of drug-likeness (QED) is 0.459. The summed E-state index contributed by atoms with van der Waals surface area (Å²) in [6, 6.07) is 0. The van der Waals surface area contributed by atoms with Crippen LogP contribution >= 0.6 is 0 Å². The van der Waals surface area contributed by atoms with Crippen LogP contribution in [0, 0.1) is 0 Å². The molecule has 0 aliphatic heterocycles. The van der Waals surface area contributed by atoms with Crippen LogP contribution in [0.3, 0.4) is 0 Å². The van der Waals surface area contributed by atoms with Gasteiger partial charge in [-0.1, -0.05) is 0 Å². The maximum absolute atomic E-state index is 9.77. The fourth-order valence-electron chi connectivity index (χ4n) is 0.180. The van der Waals surface area contributed by atoms with Gasteiger partial charge in [0, 0.05) is 14.1 Å². The van der Waals surface area contributed by atoms with Gasteiger partial charge in [0.05, 0.1) is 0 Å². The van der Waals surface area contributed by atoms with Gasteiger partial charge < -0.3 is 10.6 Å². The van der Waals surface area contributed by atoms with Gasteiger partial charge in [0.25, 0.3) is 0 Å². The molecule has 0 spiro atoms. The summed E-state index contributed by atoms with van der Waals surface area (Å²) in [7, 11) is 3.15. The van der Waals surface area contributed by atoms with Crippen LogP contribution in [0.4, 0.5) is 4.79 Å². The summed E-state index contributed by atoms with van der Waals surface area (Å²) in [6.07, 6.45) is -0.787. The van der Waals surface area contributed by atoms with Crippen molar-refractivity contribution in [1.82, 2.24) is 5.06 Å². The van der Waals surface area contributed by atoms with Crippen LogP contribution < -0.4 is 5.73 Å². The van der Waals surface area contributed by atoms with Crippen LogP contribution in [0.15, 0.2) is 0 Å². The zero-order chi connectivity index (χ0) is 5.86. The molecule has 0 radical (unpaired) electrons. The monoisotopic (exact) mass is 104 g/mol. The lowest BCUT2D eigenvalue weighted by Crippen LogP contribution is -2.23. The van der Waals surface area contributed by atoms with Crippen molar-refractivity contribution in [2.24, 2.45) is 5.73 Å². The molecule has 0 aromatic rings. The van der Waals surface area contributed by atoms with E-state index in [1.807, 2.05) is 0 Å². The predicted octanol–water partition coefficient (Wildman–Crippen LogP) is -0.442. The Morgan fingerprint density at radius 2 is 2.14 bits per heavy atom. The van der Waals surface area contributed by atoms with Crippen LogP contribution in [-0.2, 0) is 4.84 Å². The van der Waals surface area contributed by atoms with Crippen molar-refractivity contribution in [2.75, 3.05) is 14.1 Å². The molecule has 2 N–H and O–H groups in total. The van der Waals surface area contributed by atoms with Crippen LogP contribution in [0.2, 0.25) is 0 Å². The number of carbonyl (C=O) groups is 1. The van der Waals surface area contributed by atoms with Gasteiger partial charge in [0.2, 0.25) is 0 Å². The number of hydroxylamine groups is 2. The van der Waals surface area contributed by atoms with E-state index in [1.165, 1.54) is 5.06 Å². The predicted molar refractivity (Wildman–Crippen MR) is 24.4 cm³/mol. The van der Waals surface area contributed by atoms with Crippen molar-refractivity contribution in [3.05, 3.63) is 0 Å². The first-order valence-electron chi connectivity index (χ1n) is 1.77. The summed E-state index contributed by atoms with van der Waals surface area (Å²) < 4.78 is 0. The smallest absolute Gasteiger partial charge is 0.352 e. The fourth-order valence-corrected chi connectivity index (χ4v) is 0.180. The average Bonchev–Trinajstić information content (AvgIpc) is 1.27. The van der Waals surface area contributed by atoms with Crippen molar-refractivity contribution in [3.8, 4) is 0 Å². The summed E-state index contributed by atoms with van der Waals surface area (Å²) in [5.41, 5.74) is 4.59. The van der Waals surface area contributed by atoms with E-state index in [1.54, 1.807) is 14.1 Å². The molecule has 0 saturated carbocycles. The number of nitrogens with zero attached hydrogens (tertiary/aromatic N) is 1. The molecule has 0 rings (SSSR count). The Bertz CT molecular complexity index is 71.3. The van der Waals surface area contributed by atoms with Crippen molar-refractivity contribution >= 4 is 6.09 Å². The Hall–Kier alpha value is -0.770. The standard InChI is InChI=1S/C3H8N2O2/c1-5(2)7-3(4)6/h1-2H3,(H2,4,6). The van der Waals surface area contributed by atoms with E-state index in [0.717, 1.165) is 0 Å². The number of hydrogen-bond acceptors (Lipinski definition) is 3. The average molecular weight is 104 g/mol. The largest absolute Gasteiger partial charge is 0.423 e. The third-order valence-corrected chi connectivity index (χ3v) is 0.273. The molecule has 0 aliphatic carbocycles. The van der Waals surface area contributed by atoms with Crippen molar-refractivity contribution in [1.29, 1.82) is 0 Å². The third-order valence-electron chi connectivity index (χ3n) is 0.273. The molecule has 0 heterocycles. The molecule has 4 nitrogen and oxygen atoms in total. The summed E-state index contributed by atoms with van der Waals surface area (Å²) >= 11 is 0. The van der Waals surface area contributed by atoms with Gasteiger partial charge in [-0.15, -0.1) is 5.06 Å². The highest BCUT2D eigenvalue weighted by Gasteiger charge is 1.91. The Balaban J connectivity index is 3.13. The second-order valence-corrected chi connectivity index (χ2v) is 1.22. The maximum Gasteiger partial charge on any atom is 0.423 e. The van der Waals surface area contributed by atoms with E-state index >= 15 is 0 Å². The van der Waals surface area contributed by atoms with Crippen molar-refractivity contribution in [3.63, 3.8) is 0 Å². The zero-order valence-corrected chi connectivity index (χ0v) is 4.34. The third kappa shape index (κ3) is 5.23. The van der Waals surface area contributed by atoms with E-state index in [4.69, 9.17) is 0 Å². The number of hydrogen-bond donors (Lipinski definition) is 1. The van der Waals surface area contributed by atoms with E-state index in [9.17, 15) is 4.79 Å². The number of rotatable bonds is 1. The summed E-state index contributed by atoms with van der Waals surface area (Å²) in [5.74, 6) is 0. The molecule has 0 unspecified atom stereocenters. The molecule has 7 heavy (non-hydrogen) atoms. The maximum atomic E-state index is 9.77. The van der Waals surface area contributed by atoms with Gasteiger partial charge in [0.15, 0.2) is 0 Å². The minimum Gasteiger partial charge on any atom is -0.352 e. The molecule has 0 bridgehead atoms. The van der Waals surface area contributed by atoms with Gasteiger partial charge >= 0.3 is 6.09 Å². The first-order chi connectivity index (χ1) is 3.13. The van der Waals surface area contributed by atoms with Gasteiger partial charge in [-0.05, 0) is 0 Å². The molecular formula is C3H8N2O2. The molecule has 0 saturated heterocycles. The number of primary amides is 1. The Morgan fingerprint density at radius 3 is 2.14 bits per heavy atom. The first kappa shape index (κ1) is 6.23. The SMILES string of the molecule is CN(C)OC(N)=O. The number of nitrogens with two attached hydrogens (primary N) is 1. The topological polar surface area (TPSA) is 55.6 Å². The molecule has 0 fully saturated rings. The normalized spacial score (nSPS) is 9.00. The lowest BCUT2D eigenvalue weighted by atomic mass is 11.2. The molecule has 0 aromatic heterocycles. The zero-order valence-electron chi connectivity index (χ0n) is 4.34. The molecule has 0 atom stereocenters. The summed E-state index contributed by atoms with van der Waals surface area (Å²) in [5, 5.41) is 1.22. The van der Waals surface area contributed by atoms with E-state index in [2.05, 4.69) is 10.6 Å². The minimum absolute atomic E-state index is 0.787. The molecule has 4 heteroatoms. The lowest BCUT2D eigenvalue weighted by molar-refractivity contribution is -0.0500. The molecular weight excluding hydrogens is 96.0 g/mol. The van der Waals surface area contributed by atoms with Gasteiger partial charge in [-0.25, -0.2) is 4.79 Å².